The molecule has 0 spiro atoms. The number of fused-ring (bicyclic) bond motifs is 1. The van der Waals surface area contributed by atoms with Gasteiger partial charge in [0.05, 0.1) is 15.9 Å². The molecular formula is C22H27N3S. The second kappa shape index (κ2) is 9.39. The first-order chi connectivity index (χ1) is 12.5. The summed E-state index contributed by atoms with van der Waals surface area (Å²) in [4.78, 5) is 8.89. The molecule has 3 heterocycles. The van der Waals surface area contributed by atoms with Gasteiger partial charge in [0.25, 0.3) is 0 Å². The molecule has 3 nitrogen and oxygen atoms in total. The van der Waals surface area contributed by atoms with Crippen molar-refractivity contribution in [3.8, 4) is 11.1 Å². The minimum atomic E-state index is 0.848. The molecule has 0 saturated carbocycles. The molecule has 1 N–H and O–H groups in total. The van der Waals surface area contributed by atoms with Crippen LogP contribution >= 0.6 is 11.3 Å². The van der Waals surface area contributed by atoms with E-state index in [-0.39, 0.29) is 0 Å². The summed E-state index contributed by atoms with van der Waals surface area (Å²) in [5, 5.41) is 9.68. The summed E-state index contributed by atoms with van der Waals surface area (Å²) in [6.07, 6.45) is 8.18. The van der Waals surface area contributed by atoms with E-state index >= 15 is 0 Å². The van der Waals surface area contributed by atoms with E-state index in [9.17, 15) is 0 Å². The molecule has 0 saturated heterocycles. The first kappa shape index (κ1) is 20.0. The Morgan fingerprint density at radius 2 is 1.92 bits per heavy atom. The second-order valence-electron chi connectivity index (χ2n) is 6.58. The van der Waals surface area contributed by atoms with Crippen LogP contribution in [0.2, 0.25) is 0 Å². The van der Waals surface area contributed by atoms with Crippen molar-refractivity contribution in [3.63, 3.8) is 0 Å². The van der Waals surface area contributed by atoms with Crippen molar-refractivity contribution < 1.29 is 0 Å². The van der Waals surface area contributed by atoms with Crippen molar-refractivity contribution in [1.82, 2.24) is 9.97 Å². The van der Waals surface area contributed by atoms with Gasteiger partial charge >= 0.3 is 0 Å². The van der Waals surface area contributed by atoms with Crippen molar-refractivity contribution in [2.75, 3.05) is 0 Å². The van der Waals surface area contributed by atoms with E-state index in [1.807, 2.05) is 32.1 Å². The molecule has 0 amide bonds. The van der Waals surface area contributed by atoms with Crippen LogP contribution in [0, 0.1) is 18.3 Å². The molecule has 0 fully saturated rings. The molecule has 136 valence electrons. The predicted octanol–water partition coefficient (Wildman–Crippen LogP) is 6.77. The van der Waals surface area contributed by atoms with Gasteiger partial charge < -0.3 is 5.41 Å². The maximum atomic E-state index is 7.54. The van der Waals surface area contributed by atoms with Crippen LogP contribution in [-0.4, -0.2) is 16.2 Å². The lowest BCUT2D eigenvalue weighted by Crippen LogP contribution is -1.95. The van der Waals surface area contributed by atoms with E-state index in [1.54, 1.807) is 23.7 Å². The normalized spacial score (nSPS) is 11.4. The van der Waals surface area contributed by atoms with Crippen molar-refractivity contribution in [1.29, 1.82) is 5.41 Å². The van der Waals surface area contributed by atoms with E-state index in [2.05, 4.69) is 37.2 Å². The highest BCUT2D eigenvalue weighted by Crippen LogP contribution is 2.34. The summed E-state index contributed by atoms with van der Waals surface area (Å²) in [5.74, 6) is 0.884. The SMILES string of the molecule is C/C=C(\C=N)c1nc2c(-c3ccncc3)csc2cc1C.CCC(C)C. The van der Waals surface area contributed by atoms with Crippen LogP contribution in [0.5, 0.6) is 0 Å². The Labute approximate surface area is 160 Å². The second-order valence-corrected chi connectivity index (χ2v) is 7.49. The zero-order valence-corrected chi connectivity index (χ0v) is 17.0. The van der Waals surface area contributed by atoms with Crippen LogP contribution in [0.4, 0.5) is 0 Å². The number of thiophene rings is 1. The number of allylic oxidation sites excluding steroid dienone is 2. The van der Waals surface area contributed by atoms with E-state index in [4.69, 9.17) is 10.4 Å². The number of hydrogen-bond donors (Lipinski definition) is 1. The molecule has 0 aliphatic rings. The van der Waals surface area contributed by atoms with E-state index in [1.165, 1.54) is 17.3 Å². The highest BCUT2D eigenvalue weighted by atomic mass is 32.1. The Kier molecular flexibility index (Phi) is 7.22. The summed E-state index contributed by atoms with van der Waals surface area (Å²) in [7, 11) is 0. The molecule has 0 unspecified atom stereocenters. The molecule has 0 aliphatic heterocycles. The third-order valence-electron chi connectivity index (χ3n) is 4.28. The number of nitrogens with one attached hydrogen (secondary N) is 1. The van der Waals surface area contributed by atoms with Gasteiger partial charge in [-0.3, -0.25) is 4.98 Å². The van der Waals surface area contributed by atoms with E-state index < -0.39 is 0 Å². The summed E-state index contributed by atoms with van der Waals surface area (Å²) >= 11 is 1.70. The van der Waals surface area contributed by atoms with Crippen molar-refractivity contribution in [3.05, 3.63) is 53.3 Å². The van der Waals surface area contributed by atoms with Crippen LogP contribution in [0.25, 0.3) is 26.9 Å². The number of nitrogens with zero attached hydrogens (tertiary/aromatic N) is 2. The Morgan fingerprint density at radius 3 is 2.46 bits per heavy atom. The number of aryl methyl sites for hydroxylation is 1. The standard InChI is InChI=1S/C17H15N3S.C5H12/c1-3-12(9-18)16-11(2)8-15-17(20-16)14(10-21-15)13-4-6-19-7-5-13;1-4-5(2)3/h3-10,18H,1-2H3;5H,4H2,1-3H3/b12-3+,18-9?;. The van der Waals surface area contributed by atoms with Gasteiger partial charge in [0.2, 0.25) is 0 Å². The fourth-order valence-electron chi connectivity index (χ4n) is 2.37. The molecule has 0 radical (unpaired) electrons. The number of aromatic nitrogens is 2. The van der Waals surface area contributed by atoms with Gasteiger partial charge in [0.1, 0.15) is 0 Å². The number of hydrogen-bond acceptors (Lipinski definition) is 4. The summed E-state index contributed by atoms with van der Waals surface area (Å²) in [6.45, 7) is 10.6. The summed E-state index contributed by atoms with van der Waals surface area (Å²) < 4.78 is 1.17. The molecule has 0 bridgehead atoms. The van der Waals surface area contributed by atoms with Gasteiger partial charge in [0, 0.05) is 35.1 Å². The summed E-state index contributed by atoms with van der Waals surface area (Å²) in [6, 6.07) is 6.14. The number of pyridine rings is 2. The van der Waals surface area contributed by atoms with Gasteiger partial charge in [-0.25, -0.2) is 4.98 Å². The molecular weight excluding hydrogens is 338 g/mol. The third kappa shape index (κ3) is 4.64. The summed E-state index contributed by atoms with van der Waals surface area (Å²) in [5.41, 5.74) is 6.07. The lowest BCUT2D eigenvalue weighted by Gasteiger charge is -2.06. The van der Waals surface area contributed by atoms with Crippen LogP contribution in [0.1, 0.15) is 45.4 Å². The maximum Gasteiger partial charge on any atom is 0.0895 e. The molecule has 0 aliphatic carbocycles. The molecule has 0 atom stereocenters. The molecule has 3 aromatic rings. The lowest BCUT2D eigenvalue weighted by molar-refractivity contribution is 0.626. The van der Waals surface area contributed by atoms with Crippen LogP contribution in [-0.2, 0) is 0 Å². The van der Waals surface area contributed by atoms with Crippen molar-refractivity contribution >= 4 is 33.3 Å². The zero-order valence-electron chi connectivity index (χ0n) is 16.2. The van der Waals surface area contributed by atoms with E-state index in [0.717, 1.165) is 39.4 Å². The quantitative estimate of drug-likeness (QED) is 0.518. The molecule has 4 heteroatoms. The zero-order chi connectivity index (χ0) is 19.1. The smallest absolute Gasteiger partial charge is 0.0895 e. The molecule has 3 aromatic heterocycles. The van der Waals surface area contributed by atoms with Crippen LogP contribution < -0.4 is 0 Å². The average molecular weight is 366 g/mol. The van der Waals surface area contributed by atoms with Gasteiger partial charge in [0.15, 0.2) is 0 Å². The Balaban J connectivity index is 0.000000431. The van der Waals surface area contributed by atoms with Gasteiger partial charge in [-0.05, 0) is 49.1 Å². The third-order valence-corrected chi connectivity index (χ3v) is 5.20. The van der Waals surface area contributed by atoms with Crippen molar-refractivity contribution in [2.24, 2.45) is 5.92 Å². The van der Waals surface area contributed by atoms with Gasteiger partial charge in [-0.15, -0.1) is 11.3 Å². The lowest BCUT2D eigenvalue weighted by atomic mass is 10.1. The maximum absolute atomic E-state index is 7.54. The minimum absolute atomic E-state index is 0.848. The molecule has 0 aromatic carbocycles. The monoisotopic (exact) mass is 365 g/mol. The topological polar surface area (TPSA) is 49.6 Å². The first-order valence-corrected chi connectivity index (χ1v) is 9.86. The Morgan fingerprint density at radius 1 is 1.27 bits per heavy atom. The Bertz CT molecular complexity index is 892. The first-order valence-electron chi connectivity index (χ1n) is 8.98. The van der Waals surface area contributed by atoms with Crippen molar-refractivity contribution in [2.45, 2.75) is 41.0 Å². The fraction of sp³-hybridized carbons (Fsp3) is 0.318. The minimum Gasteiger partial charge on any atom is -0.308 e. The predicted molar refractivity (Wildman–Crippen MR) is 115 cm³/mol. The van der Waals surface area contributed by atoms with E-state index in [0.29, 0.717) is 0 Å². The molecule has 26 heavy (non-hydrogen) atoms. The van der Waals surface area contributed by atoms with Crippen LogP contribution in [0.3, 0.4) is 0 Å². The fourth-order valence-corrected chi connectivity index (χ4v) is 3.37. The highest BCUT2D eigenvalue weighted by Gasteiger charge is 2.12. The highest BCUT2D eigenvalue weighted by molar-refractivity contribution is 7.17. The number of rotatable bonds is 4. The van der Waals surface area contributed by atoms with Gasteiger partial charge in [-0.1, -0.05) is 33.3 Å². The Hall–Kier alpha value is -2.33. The molecule has 3 rings (SSSR count). The van der Waals surface area contributed by atoms with Gasteiger partial charge in [-0.2, -0.15) is 0 Å². The van der Waals surface area contributed by atoms with Crippen LogP contribution in [0.15, 0.2) is 42.0 Å². The largest absolute Gasteiger partial charge is 0.308 e. The average Bonchev–Trinajstić information content (AvgIpc) is 3.06.